The van der Waals surface area contributed by atoms with E-state index in [-0.39, 0.29) is 11.8 Å². The third kappa shape index (κ3) is 3.88. The zero-order chi connectivity index (χ0) is 21.2. The van der Waals surface area contributed by atoms with Crippen molar-refractivity contribution in [1.82, 2.24) is 25.6 Å². The molecule has 3 heterocycles. The molecule has 1 atom stereocenters. The van der Waals surface area contributed by atoms with Crippen molar-refractivity contribution in [3.8, 4) is 6.07 Å². The van der Waals surface area contributed by atoms with Crippen LogP contribution in [0.1, 0.15) is 68.4 Å². The molecule has 2 aromatic rings. The average molecular weight is 427 g/mol. The third-order valence-corrected chi connectivity index (χ3v) is 7.78. The number of hydrogen-bond acceptors (Lipinski definition) is 6. The maximum atomic E-state index is 13.0. The van der Waals surface area contributed by atoms with Gasteiger partial charge in [-0.05, 0) is 69.0 Å². The van der Waals surface area contributed by atoms with Crippen LogP contribution >= 0.6 is 11.3 Å². The Labute approximate surface area is 181 Å². The predicted octanol–water partition coefficient (Wildman–Crippen LogP) is 3.41. The fourth-order valence-corrected chi connectivity index (χ4v) is 5.49. The number of nitrogens with one attached hydrogen (secondary N) is 2. The molecule has 2 N–H and O–H groups in total. The minimum absolute atomic E-state index is 0.0798. The van der Waals surface area contributed by atoms with Crippen molar-refractivity contribution in [2.75, 3.05) is 13.1 Å². The lowest BCUT2D eigenvalue weighted by Gasteiger charge is -2.40. The number of piperidine rings is 1. The number of aromatic nitrogens is 3. The van der Waals surface area contributed by atoms with Gasteiger partial charge in [-0.25, -0.2) is 4.68 Å². The Morgan fingerprint density at radius 3 is 2.73 bits per heavy atom. The molecule has 1 aliphatic carbocycles. The van der Waals surface area contributed by atoms with Crippen LogP contribution in [0, 0.1) is 23.2 Å². The summed E-state index contributed by atoms with van der Waals surface area (Å²) in [4.78, 5) is 13.0. The molecule has 4 rings (SSSR count). The number of rotatable bonds is 5. The van der Waals surface area contributed by atoms with Gasteiger partial charge in [0, 0.05) is 5.38 Å². The first-order valence-electron chi connectivity index (χ1n) is 10.9. The first-order chi connectivity index (χ1) is 14.5. The molecule has 30 heavy (non-hydrogen) atoms. The maximum Gasteiger partial charge on any atom is 0.252 e. The highest BCUT2D eigenvalue weighted by Gasteiger charge is 2.43. The fraction of sp³-hybridized carbons (Fsp3) is 0.636. The molecule has 0 radical (unpaired) electrons. The van der Waals surface area contributed by atoms with Crippen molar-refractivity contribution in [3.05, 3.63) is 34.3 Å². The standard InChI is InChI=1S/C22H30N6OS/c1-16-3-5-18(6-4-16)21(2,25-20(29)17-7-12-30-14-17)19-13-28(27-26-19)22(15-23)8-10-24-11-9-22/h7,12-14,16,18,24H,3-6,8-11H2,1-2H3,(H,25,29). The Morgan fingerprint density at radius 1 is 1.37 bits per heavy atom. The topological polar surface area (TPSA) is 95.6 Å². The molecule has 0 spiro atoms. The second kappa shape index (κ2) is 8.48. The van der Waals surface area contributed by atoms with Crippen molar-refractivity contribution < 1.29 is 4.79 Å². The Morgan fingerprint density at radius 2 is 2.10 bits per heavy atom. The number of carbonyl (C=O) groups is 1. The van der Waals surface area contributed by atoms with Crippen LogP contribution in [-0.4, -0.2) is 34.0 Å². The Kier molecular flexibility index (Phi) is 5.94. The summed E-state index contributed by atoms with van der Waals surface area (Å²) in [5, 5.41) is 29.2. The van der Waals surface area contributed by atoms with Gasteiger partial charge in [-0.1, -0.05) is 25.0 Å². The quantitative estimate of drug-likeness (QED) is 0.764. The van der Waals surface area contributed by atoms with Crippen LogP contribution in [0.2, 0.25) is 0 Å². The Bertz CT molecular complexity index is 902. The van der Waals surface area contributed by atoms with Crippen molar-refractivity contribution >= 4 is 17.2 Å². The smallest absolute Gasteiger partial charge is 0.252 e. The van der Waals surface area contributed by atoms with Gasteiger partial charge in [-0.2, -0.15) is 16.6 Å². The van der Waals surface area contributed by atoms with E-state index in [9.17, 15) is 10.1 Å². The highest BCUT2D eigenvalue weighted by molar-refractivity contribution is 7.08. The molecule has 1 unspecified atom stereocenters. The van der Waals surface area contributed by atoms with Gasteiger partial charge in [-0.3, -0.25) is 4.79 Å². The lowest BCUT2D eigenvalue weighted by molar-refractivity contribution is 0.0813. The van der Waals surface area contributed by atoms with Gasteiger partial charge in [0.05, 0.1) is 23.4 Å². The van der Waals surface area contributed by atoms with Crippen LogP contribution in [0.3, 0.4) is 0 Å². The largest absolute Gasteiger partial charge is 0.341 e. The SMILES string of the molecule is CC1CCC(C(C)(NC(=O)c2ccsc2)c2cn(C3(C#N)CCNCC3)nn2)CC1. The van der Waals surface area contributed by atoms with E-state index in [0.717, 1.165) is 44.5 Å². The van der Waals surface area contributed by atoms with Crippen LogP contribution in [0.4, 0.5) is 0 Å². The van der Waals surface area contributed by atoms with Crippen molar-refractivity contribution in [3.63, 3.8) is 0 Å². The third-order valence-electron chi connectivity index (χ3n) is 7.09. The number of carbonyl (C=O) groups excluding carboxylic acids is 1. The van der Waals surface area contributed by atoms with Crippen molar-refractivity contribution in [2.24, 2.45) is 11.8 Å². The van der Waals surface area contributed by atoms with E-state index in [4.69, 9.17) is 0 Å². The van der Waals surface area contributed by atoms with Gasteiger partial charge >= 0.3 is 0 Å². The average Bonchev–Trinajstić information content (AvgIpc) is 3.47. The minimum atomic E-state index is -0.671. The van der Waals surface area contributed by atoms with E-state index in [0.29, 0.717) is 24.3 Å². The molecular formula is C22H30N6OS. The maximum absolute atomic E-state index is 13.0. The van der Waals surface area contributed by atoms with Crippen LogP contribution in [-0.2, 0) is 11.1 Å². The first-order valence-corrected chi connectivity index (χ1v) is 11.8. The van der Waals surface area contributed by atoms with E-state index in [1.807, 2.05) is 23.0 Å². The summed E-state index contributed by atoms with van der Waals surface area (Å²) in [5.74, 6) is 0.918. The molecule has 8 heteroatoms. The van der Waals surface area contributed by atoms with Crippen LogP contribution in [0.15, 0.2) is 23.0 Å². The first kappa shape index (κ1) is 21.0. The molecule has 1 amide bonds. The number of hydrogen-bond donors (Lipinski definition) is 2. The van der Waals surface area contributed by atoms with E-state index in [2.05, 4.69) is 40.9 Å². The summed E-state index contributed by atoms with van der Waals surface area (Å²) in [7, 11) is 0. The minimum Gasteiger partial charge on any atom is -0.341 e. The number of nitrogens with zero attached hydrogens (tertiary/aromatic N) is 4. The molecule has 2 aromatic heterocycles. The van der Waals surface area contributed by atoms with Crippen molar-refractivity contribution in [2.45, 2.75) is 63.5 Å². The normalized spacial score (nSPS) is 25.8. The molecule has 0 aromatic carbocycles. The van der Waals surface area contributed by atoms with E-state index in [1.54, 1.807) is 4.68 Å². The van der Waals surface area contributed by atoms with Gasteiger partial charge < -0.3 is 10.6 Å². The fourth-order valence-electron chi connectivity index (χ4n) is 4.86. The van der Waals surface area contributed by atoms with Gasteiger partial charge in [-0.15, -0.1) is 5.10 Å². The van der Waals surface area contributed by atoms with Crippen LogP contribution in [0.25, 0.3) is 0 Å². The van der Waals surface area contributed by atoms with Gasteiger partial charge in [0.25, 0.3) is 5.91 Å². The molecule has 1 saturated carbocycles. The van der Waals surface area contributed by atoms with E-state index < -0.39 is 11.1 Å². The summed E-state index contributed by atoms with van der Waals surface area (Å²) in [5.41, 5.74) is 0.130. The molecule has 1 saturated heterocycles. The number of amides is 1. The molecule has 1 aliphatic heterocycles. The second-order valence-corrected chi connectivity index (χ2v) is 9.85. The molecular weight excluding hydrogens is 396 g/mol. The zero-order valence-electron chi connectivity index (χ0n) is 17.7. The molecule has 0 bridgehead atoms. The highest BCUT2D eigenvalue weighted by Crippen LogP contribution is 2.41. The predicted molar refractivity (Wildman–Crippen MR) is 116 cm³/mol. The molecule has 7 nitrogen and oxygen atoms in total. The number of nitriles is 1. The second-order valence-electron chi connectivity index (χ2n) is 9.07. The zero-order valence-corrected chi connectivity index (χ0v) is 18.5. The van der Waals surface area contributed by atoms with Crippen LogP contribution in [0.5, 0.6) is 0 Å². The summed E-state index contributed by atoms with van der Waals surface area (Å²) in [6.07, 6.45) is 7.69. The monoisotopic (exact) mass is 426 g/mol. The molecule has 2 aliphatic rings. The highest BCUT2D eigenvalue weighted by atomic mass is 32.1. The number of thiophene rings is 1. The molecule has 160 valence electrons. The summed E-state index contributed by atoms with van der Waals surface area (Å²) in [6.45, 7) is 5.94. The Hall–Kier alpha value is -2.24. The summed E-state index contributed by atoms with van der Waals surface area (Å²) < 4.78 is 1.74. The lowest BCUT2D eigenvalue weighted by atomic mass is 9.71. The van der Waals surface area contributed by atoms with Gasteiger partial charge in [0.15, 0.2) is 5.54 Å². The molecule has 2 fully saturated rings. The van der Waals surface area contributed by atoms with E-state index in [1.165, 1.54) is 11.3 Å². The summed E-state index contributed by atoms with van der Waals surface area (Å²) >= 11 is 1.52. The van der Waals surface area contributed by atoms with Crippen LogP contribution < -0.4 is 10.6 Å². The van der Waals surface area contributed by atoms with Gasteiger partial charge in [0.2, 0.25) is 0 Å². The van der Waals surface area contributed by atoms with E-state index >= 15 is 0 Å². The summed E-state index contributed by atoms with van der Waals surface area (Å²) in [6, 6.07) is 4.33. The lowest BCUT2D eigenvalue weighted by Crippen LogP contribution is -2.50. The van der Waals surface area contributed by atoms with Gasteiger partial charge in [0.1, 0.15) is 5.69 Å². The van der Waals surface area contributed by atoms with Crippen molar-refractivity contribution in [1.29, 1.82) is 5.26 Å². The Balaban J connectivity index is 1.66.